The van der Waals surface area contributed by atoms with Gasteiger partial charge in [-0.2, -0.15) is 0 Å². The Bertz CT molecular complexity index is 730. The molecule has 1 aliphatic rings. The Kier molecular flexibility index (Phi) is 7.06. The molecule has 1 aromatic carbocycles. The van der Waals surface area contributed by atoms with E-state index in [9.17, 15) is 23.3 Å². The van der Waals surface area contributed by atoms with E-state index in [4.69, 9.17) is 0 Å². The van der Waals surface area contributed by atoms with Crippen LogP contribution in [0.3, 0.4) is 0 Å². The lowest BCUT2D eigenvalue weighted by Gasteiger charge is -2.28. The molecule has 1 amide bonds. The number of nitro groups is 1. The number of hydrogen-bond acceptors (Lipinski definition) is 6. The Balaban J connectivity index is 1.91. The van der Waals surface area contributed by atoms with Crippen molar-refractivity contribution in [2.24, 2.45) is 0 Å². The minimum absolute atomic E-state index is 0.0154. The molecule has 0 bridgehead atoms. The van der Waals surface area contributed by atoms with Gasteiger partial charge in [-0.25, -0.2) is 13.1 Å². The van der Waals surface area contributed by atoms with E-state index < -0.39 is 14.9 Å². The van der Waals surface area contributed by atoms with E-state index in [1.54, 1.807) is 0 Å². The van der Waals surface area contributed by atoms with Gasteiger partial charge in [-0.15, -0.1) is 0 Å². The number of carbonyl (C=O) groups is 1. The van der Waals surface area contributed by atoms with Crippen LogP contribution < -0.4 is 10.0 Å². The van der Waals surface area contributed by atoms with Gasteiger partial charge in [0.15, 0.2) is 0 Å². The summed E-state index contributed by atoms with van der Waals surface area (Å²) in [7, 11) is -3.81. The standard InChI is InChI=1S/C16H24N4O5S/c1-2-11-19(14-7-9-17-12-14)16(21)8-10-18-26(24,25)15-5-3-13(4-6-15)20(22)23/h3-6,14,17-18H,2,7-12H2,1H3. The molecule has 1 aliphatic heterocycles. The van der Waals surface area contributed by atoms with Crippen molar-refractivity contribution in [3.8, 4) is 0 Å². The largest absolute Gasteiger partial charge is 0.338 e. The summed E-state index contributed by atoms with van der Waals surface area (Å²) in [6, 6.07) is 4.78. The Morgan fingerprint density at radius 3 is 2.62 bits per heavy atom. The second kappa shape index (κ2) is 9.06. The molecule has 144 valence electrons. The third kappa shape index (κ3) is 5.23. The topological polar surface area (TPSA) is 122 Å². The van der Waals surface area contributed by atoms with Crippen molar-refractivity contribution in [3.05, 3.63) is 34.4 Å². The van der Waals surface area contributed by atoms with Gasteiger partial charge < -0.3 is 10.2 Å². The zero-order valence-electron chi connectivity index (χ0n) is 14.7. The summed E-state index contributed by atoms with van der Waals surface area (Å²) in [5.74, 6) is -0.0769. The van der Waals surface area contributed by atoms with E-state index in [0.29, 0.717) is 6.54 Å². The molecule has 2 rings (SSSR count). The fraction of sp³-hybridized carbons (Fsp3) is 0.562. The van der Waals surface area contributed by atoms with Crippen LogP contribution in [-0.4, -0.2) is 56.4 Å². The zero-order valence-corrected chi connectivity index (χ0v) is 15.5. The fourth-order valence-electron chi connectivity index (χ4n) is 2.92. The van der Waals surface area contributed by atoms with Crippen LogP contribution in [0.4, 0.5) is 5.69 Å². The Morgan fingerprint density at radius 2 is 2.08 bits per heavy atom. The van der Waals surface area contributed by atoms with E-state index in [-0.39, 0.29) is 35.5 Å². The number of nitrogens with one attached hydrogen (secondary N) is 2. The van der Waals surface area contributed by atoms with Crippen molar-refractivity contribution in [3.63, 3.8) is 0 Å². The lowest BCUT2D eigenvalue weighted by Crippen LogP contribution is -2.43. The van der Waals surface area contributed by atoms with E-state index in [0.717, 1.165) is 38.1 Å². The molecule has 0 aliphatic carbocycles. The maximum absolute atomic E-state index is 12.5. The molecule has 0 saturated carbocycles. The first kappa shape index (κ1) is 20.3. The number of benzene rings is 1. The summed E-state index contributed by atoms with van der Waals surface area (Å²) in [6.45, 7) is 4.28. The average Bonchev–Trinajstić information content (AvgIpc) is 3.13. The molecule has 26 heavy (non-hydrogen) atoms. The van der Waals surface area contributed by atoms with Crippen molar-refractivity contribution >= 4 is 21.6 Å². The number of carbonyl (C=O) groups excluding carboxylic acids is 1. The first-order valence-corrected chi connectivity index (χ1v) is 10.1. The van der Waals surface area contributed by atoms with Crippen LogP contribution in [0.25, 0.3) is 0 Å². The summed E-state index contributed by atoms with van der Waals surface area (Å²) < 4.78 is 26.8. The highest BCUT2D eigenvalue weighted by atomic mass is 32.2. The number of rotatable bonds is 9. The van der Waals surface area contributed by atoms with Crippen LogP contribution in [0.1, 0.15) is 26.2 Å². The van der Waals surface area contributed by atoms with Gasteiger partial charge in [0.2, 0.25) is 15.9 Å². The molecule has 1 heterocycles. The zero-order chi connectivity index (χ0) is 19.2. The molecule has 0 radical (unpaired) electrons. The highest BCUT2D eigenvalue weighted by Gasteiger charge is 2.26. The monoisotopic (exact) mass is 384 g/mol. The molecule has 1 atom stereocenters. The normalized spacial score (nSPS) is 17.2. The van der Waals surface area contributed by atoms with Crippen molar-refractivity contribution in [1.29, 1.82) is 0 Å². The number of hydrogen-bond donors (Lipinski definition) is 2. The summed E-state index contributed by atoms with van der Waals surface area (Å²) in [5, 5.41) is 13.9. The van der Waals surface area contributed by atoms with Gasteiger partial charge in [-0.1, -0.05) is 6.92 Å². The SMILES string of the molecule is CCCN(C(=O)CCNS(=O)(=O)c1ccc([N+](=O)[O-])cc1)C1CCNC1. The first-order valence-electron chi connectivity index (χ1n) is 8.59. The Hall–Kier alpha value is -2.04. The van der Waals surface area contributed by atoms with E-state index >= 15 is 0 Å². The Morgan fingerprint density at radius 1 is 1.38 bits per heavy atom. The van der Waals surface area contributed by atoms with Gasteiger partial charge in [0, 0.05) is 44.2 Å². The van der Waals surface area contributed by atoms with Crippen LogP contribution in [-0.2, 0) is 14.8 Å². The molecule has 0 spiro atoms. The number of nitrogens with zero attached hydrogens (tertiary/aromatic N) is 2. The maximum atomic E-state index is 12.5. The molecular formula is C16H24N4O5S. The number of nitro benzene ring substituents is 1. The summed E-state index contributed by atoms with van der Waals surface area (Å²) in [5.41, 5.74) is -0.181. The van der Waals surface area contributed by atoms with E-state index in [2.05, 4.69) is 10.0 Å². The molecule has 0 aromatic heterocycles. The lowest BCUT2D eigenvalue weighted by molar-refractivity contribution is -0.384. The maximum Gasteiger partial charge on any atom is 0.269 e. The predicted molar refractivity (Wildman–Crippen MR) is 96.2 cm³/mol. The Labute approximate surface area is 153 Å². The highest BCUT2D eigenvalue weighted by molar-refractivity contribution is 7.89. The number of non-ortho nitro benzene ring substituents is 1. The van der Waals surface area contributed by atoms with Crippen LogP contribution in [0.15, 0.2) is 29.2 Å². The quantitative estimate of drug-likeness (QED) is 0.481. The van der Waals surface area contributed by atoms with E-state index in [1.165, 1.54) is 12.1 Å². The van der Waals surface area contributed by atoms with Gasteiger partial charge in [0.05, 0.1) is 9.82 Å². The van der Waals surface area contributed by atoms with Crippen LogP contribution in [0.5, 0.6) is 0 Å². The minimum Gasteiger partial charge on any atom is -0.338 e. The molecule has 1 saturated heterocycles. The van der Waals surface area contributed by atoms with Crippen LogP contribution in [0, 0.1) is 10.1 Å². The van der Waals surface area contributed by atoms with Gasteiger partial charge >= 0.3 is 0 Å². The molecule has 9 nitrogen and oxygen atoms in total. The van der Waals surface area contributed by atoms with Crippen molar-refractivity contribution < 1.29 is 18.1 Å². The van der Waals surface area contributed by atoms with Crippen molar-refractivity contribution in [2.75, 3.05) is 26.2 Å². The summed E-state index contributed by atoms with van der Waals surface area (Å²) in [6.07, 6.45) is 1.82. The molecule has 1 unspecified atom stereocenters. The van der Waals surface area contributed by atoms with Gasteiger partial charge in [0.25, 0.3) is 5.69 Å². The minimum atomic E-state index is -3.81. The third-order valence-corrected chi connectivity index (χ3v) is 5.73. The molecule has 1 aromatic rings. The molecular weight excluding hydrogens is 360 g/mol. The van der Waals surface area contributed by atoms with Crippen LogP contribution in [0.2, 0.25) is 0 Å². The number of sulfonamides is 1. The second-order valence-corrected chi connectivity index (χ2v) is 7.90. The second-order valence-electron chi connectivity index (χ2n) is 6.13. The molecule has 10 heteroatoms. The van der Waals surface area contributed by atoms with Gasteiger partial charge in [-0.3, -0.25) is 14.9 Å². The molecule has 2 N–H and O–H groups in total. The van der Waals surface area contributed by atoms with Gasteiger partial charge in [0.1, 0.15) is 0 Å². The molecule has 1 fully saturated rings. The smallest absolute Gasteiger partial charge is 0.269 e. The van der Waals surface area contributed by atoms with E-state index in [1.807, 2.05) is 11.8 Å². The van der Waals surface area contributed by atoms with Crippen LogP contribution >= 0.6 is 0 Å². The summed E-state index contributed by atoms with van der Waals surface area (Å²) in [4.78, 5) is 24.2. The van der Waals surface area contributed by atoms with Crippen molar-refractivity contribution in [1.82, 2.24) is 14.9 Å². The van der Waals surface area contributed by atoms with Crippen molar-refractivity contribution in [2.45, 2.75) is 37.1 Å². The fourth-order valence-corrected chi connectivity index (χ4v) is 3.96. The van der Waals surface area contributed by atoms with Gasteiger partial charge in [-0.05, 0) is 31.5 Å². The summed E-state index contributed by atoms with van der Waals surface area (Å²) >= 11 is 0. The third-order valence-electron chi connectivity index (χ3n) is 4.25. The predicted octanol–water partition coefficient (Wildman–Crippen LogP) is 0.864. The highest BCUT2D eigenvalue weighted by Crippen LogP contribution is 2.16. The first-order chi connectivity index (χ1) is 12.3. The number of amides is 1. The average molecular weight is 384 g/mol. The lowest BCUT2D eigenvalue weighted by atomic mass is 10.2.